The molecule has 1 fully saturated rings. The molecule has 3 amide bonds. The highest BCUT2D eigenvalue weighted by Crippen LogP contribution is 2.48. The van der Waals surface area contributed by atoms with Crippen LogP contribution in [0.3, 0.4) is 0 Å². The summed E-state index contributed by atoms with van der Waals surface area (Å²) in [6.07, 6.45) is 0.262. The highest BCUT2D eigenvalue weighted by molar-refractivity contribution is 5.97. The van der Waals surface area contributed by atoms with E-state index in [-0.39, 0.29) is 42.7 Å². The van der Waals surface area contributed by atoms with E-state index in [1.807, 2.05) is 54.6 Å². The molecule has 0 aromatic heterocycles. The summed E-state index contributed by atoms with van der Waals surface area (Å²) in [5, 5.41) is 12.9. The van der Waals surface area contributed by atoms with Gasteiger partial charge in [0.25, 0.3) is 0 Å². The lowest BCUT2D eigenvalue weighted by Crippen LogP contribution is -2.71. The first-order valence-corrected chi connectivity index (χ1v) is 11.0. The van der Waals surface area contributed by atoms with Crippen molar-refractivity contribution in [2.24, 2.45) is 0 Å². The molecule has 168 valence electrons. The van der Waals surface area contributed by atoms with E-state index >= 15 is 0 Å². The summed E-state index contributed by atoms with van der Waals surface area (Å²) in [5.74, 6) is -0.494. The van der Waals surface area contributed by atoms with Crippen LogP contribution in [-0.4, -0.2) is 47.2 Å². The molecule has 0 radical (unpaired) electrons. The van der Waals surface area contributed by atoms with E-state index in [1.54, 1.807) is 9.80 Å². The first-order valence-electron chi connectivity index (χ1n) is 11.0. The van der Waals surface area contributed by atoms with Crippen molar-refractivity contribution in [2.45, 2.75) is 24.4 Å². The molecule has 0 spiro atoms. The second-order valence-corrected chi connectivity index (χ2v) is 8.41. The smallest absolute Gasteiger partial charge is 0.322 e. The number of likely N-dealkylation sites (tertiary alicyclic amines) is 1. The lowest BCUT2D eigenvalue weighted by molar-refractivity contribution is -0.118. The van der Waals surface area contributed by atoms with Crippen molar-refractivity contribution in [1.29, 1.82) is 0 Å². The molecule has 3 aromatic rings. The number of nitrogens with one attached hydrogen (secondary N) is 1. The molecule has 0 aliphatic carbocycles. The van der Waals surface area contributed by atoms with E-state index in [4.69, 9.17) is 0 Å². The topological polar surface area (TPSA) is 72.9 Å². The Kier molecular flexibility index (Phi) is 5.56. The van der Waals surface area contributed by atoms with Gasteiger partial charge in [-0.3, -0.25) is 4.79 Å². The van der Waals surface area contributed by atoms with Gasteiger partial charge >= 0.3 is 6.03 Å². The van der Waals surface area contributed by atoms with Crippen LogP contribution in [0.25, 0.3) is 0 Å². The monoisotopic (exact) mass is 445 g/mol. The zero-order valence-corrected chi connectivity index (χ0v) is 17.9. The molecule has 0 unspecified atom stereocenters. The van der Waals surface area contributed by atoms with Gasteiger partial charge in [0.15, 0.2) is 0 Å². The molecule has 5 rings (SSSR count). The molecule has 0 saturated carbocycles. The van der Waals surface area contributed by atoms with Crippen LogP contribution < -0.4 is 10.2 Å². The average molecular weight is 445 g/mol. The average Bonchev–Trinajstić information content (AvgIpc) is 2.81. The van der Waals surface area contributed by atoms with E-state index in [9.17, 15) is 19.1 Å². The number of aliphatic hydroxyl groups excluding tert-OH is 1. The summed E-state index contributed by atoms with van der Waals surface area (Å²) in [6.45, 7) is 0.158. The SMILES string of the molecule is O=C(Cc1ccccc1)N1C[C@@H]2[C@H](c3ccccc31)[C@@H](CO)N2C(=O)Nc1ccc(F)cc1. The van der Waals surface area contributed by atoms with Gasteiger partial charge in [-0.05, 0) is 41.5 Å². The van der Waals surface area contributed by atoms with E-state index in [2.05, 4.69) is 5.32 Å². The predicted molar refractivity (Wildman–Crippen MR) is 124 cm³/mol. The van der Waals surface area contributed by atoms with Crippen LogP contribution in [0.5, 0.6) is 0 Å². The van der Waals surface area contributed by atoms with Crippen LogP contribution in [0.4, 0.5) is 20.6 Å². The third-order valence-corrected chi connectivity index (χ3v) is 6.52. The van der Waals surface area contributed by atoms with Gasteiger partial charge in [0.1, 0.15) is 5.82 Å². The Morgan fingerprint density at radius 3 is 2.39 bits per heavy atom. The summed E-state index contributed by atoms with van der Waals surface area (Å²) < 4.78 is 13.2. The fourth-order valence-electron chi connectivity index (χ4n) is 4.99. The predicted octanol–water partition coefficient (Wildman–Crippen LogP) is 3.78. The molecule has 0 bridgehead atoms. The number of amides is 3. The molecule has 3 aromatic carbocycles. The summed E-state index contributed by atoms with van der Waals surface area (Å²) in [7, 11) is 0. The van der Waals surface area contributed by atoms with Crippen molar-refractivity contribution < 1.29 is 19.1 Å². The quantitative estimate of drug-likeness (QED) is 0.642. The molecule has 2 aliphatic rings. The van der Waals surface area contributed by atoms with Crippen molar-refractivity contribution in [3.63, 3.8) is 0 Å². The Labute approximate surface area is 191 Å². The number of hydrogen-bond donors (Lipinski definition) is 2. The van der Waals surface area contributed by atoms with E-state index in [0.717, 1.165) is 16.8 Å². The van der Waals surface area contributed by atoms with Gasteiger partial charge in [-0.15, -0.1) is 0 Å². The number of anilines is 2. The fraction of sp³-hybridized carbons (Fsp3) is 0.231. The standard InChI is InChI=1S/C26H24FN3O3/c27-18-10-12-19(13-11-18)28-26(33)30-22-15-29(24(32)14-17-6-2-1-3-7-17)21-9-5-4-8-20(21)25(22)23(30)16-31/h1-13,22-23,25,31H,14-16H2,(H,28,33)/t22-,23-,25+/m1/s1. The minimum Gasteiger partial charge on any atom is -0.394 e. The van der Waals surface area contributed by atoms with Gasteiger partial charge in [-0.1, -0.05) is 48.5 Å². The Hall–Kier alpha value is -3.71. The number of fused-ring (bicyclic) bond motifs is 3. The number of benzene rings is 3. The van der Waals surface area contributed by atoms with Crippen LogP contribution in [0, 0.1) is 5.82 Å². The normalized spacial score (nSPS) is 21.0. The Balaban J connectivity index is 1.41. The van der Waals surface area contributed by atoms with Gasteiger partial charge in [0.05, 0.1) is 25.1 Å². The highest BCUT2D eigenvalue weighted by Gasteiger charge is 2.55. The largest absolute Gasteiger partial charge is 0.394 e. The number of aliphatic hydroxyl groups is 1. The molecular weight excluding hydrogens is 421 g/mol. The van der Waals surface area contributed by atoms with Gasteiger partial charge in [0, 0.05) is 23.8 Å². The molecule has 33 heavy (non-hydrogen) atoms. The number of nitrogens with zero attached hydrogens (tertiary/aromatic N) is 2. The molecule has 3 atom stereocenters. The number of urea groups is 1. The molecule has 2 aliphatic heterocycles. The summed E-state index contributed by atoms with van der Waals surface area (Å²) in [6, 6.07) is 21.7. The van der Waals surface area contributed by atoms with Crippen LogP contribution >= 0.6 is 0 Å². The van der Waals surface area contributed by atoms with Crippen molar-refractivity contribution >= 4 is 23.3 Å². The third kappa shape index (κ3) is 3.85. The summed E-state index contributed by atoms with van der Waals surface area (Å²) in [5.41, 5.74) is 3.18. The number of hydrogen-bond acceptors (Lipinski definition) is 3. The van der Waals surface area contributed by atoms with Crippen molar-refractivity contribution in [2.75, 3.05) is 23.4 Å². The molecule has 6 nitrogen and oxygen atoms in total. The first-order chi connectivity index (χ1) is 16.1. The minimum absolute atomic E-state index is 0.0431. The number of para-hydroxylation sites is 1. The first kappa shape index (κ1) is 21.2. The Morgan fingerprint density at radius 2 is 1.67 bits per heavy atom. The van der Waals surface area contributed by atoms with E-state index < -0.39 is 6.04 Å². The number of carbonyl (C=O) groups is 2. The van der Waals surface area contributed by atoms with Crippen molar-refractivity contribution in [1.82, 2.24) is 4.90 Å². The maximum absolute atomic E-state index is 13.3. The van der Waals surface area contributed by atoms with Gasteiger partial charge in [-0.25, -0.2) is 9.18 Å². The zero-order valence-electron chi connectivity index (χ0n) is 17.9. The van der Waals surface area contributed by atoms with Crippen LogP contribution in [-0.2, 0) is 11.2 Å². The van der Waals surface area contributed by atoms with Gasteiger partial charge in [-0.2, -0.15) is 0 Å². The molecular formula is C26H24FN3O3. The maximum Gasteiger partial charge on any atom is 0.322 e. The van der Waals surface area contributed by atoms with E-state index in [0.29, 0.717) is 12.2 Å². The van der Waals surface area contributed by atoms with E-state index in [1.165, 1.54) is 24.3 Å². The van der Waals surface area contributed by atoms with Crippen LogP contribution in [0.2, 0.25) is 0 Å². The Bertz CT molecular complexity index is 1170. The minimum atomic E-state index is -0.400. The molecule has 7 heteroatoms. The van der Waals surface area contributed by atoms with Gasteiger partial charge in [0.2, 0.25) is 5.91 Å². The second kappa shape index (κ2) is 8.67. The molecule has 2 N–H and O–H groups in total. The highest BCUT2D eigenvalue weighted by atomic mass is 19.1. The lowest BCUT2D eigenvalue weighted by Gasteiger charge is -2.58. The summed E-state index contributed by atoms with van der Waals surface area (Å²) >= 11 is 0. The summed E-state index contributed by atoms with van der Waals surface area (Å²) in [4.78, 5) is 29.7. The molecule has 1 saturated heterocycles. The van der Waals surface area contributed by atoms with Crippen LogP contribution in [0.1, 0.15) is 17.0 Å². The fourth-order valence-corrected chi connectivity index (χ4v) is 4.99. The van der Waals surface area contributed by atoms with Gasteiger partial charge < -0.3 is 20.2 Å². The van der Waals surface area contributed by atoms with Crippen molar-refractivity contribution in [3.8, 4) is 0 Å². The van der Waals surface area contributed by atoms with Crippen molar-refractivity contribution in [3.05, 3.63) is 95.8 Å². The lowest BCUT2D eigenvalue weighted by atomic mass is 9.72. The number of carbonyl (C=O) groups excluding carboxylic acids is 2. The Morgan fingerprint density at radius 1 is 0.970 bits per heavy atom. The molecule has 2 heterocycles. The second-order valence-electron chi connectivity index (χ2n) is 8.41. The number of rotatable bonds is 4. The van der Waals surface area contributed by atoms with Crippen LogP contribution in [0.15, 0.2) is 78.9 Å². The zero-order chi connectivity index (χ0) is 22.9. The third-order valence-electron chi connectivity index (χ3n) is 6.52. The maximum atomic E-state index is 13.3. The number of halogens is 1.